The summed E-state index contributed by atoms with van der Waals surface area (Å²) in [7, 11) is 1.72. The fourth-order valence-corrected chi connectivity index (χ4v) is 4.31. The smallest absolute Gasteiger partial charge is 0.264 e. The number of anilines is 1. The first-order chi connectivity index (χ1) is 13.0. The van der Waals surface area contributed by atoms with Crippen LogP contribution in [-0.4, -0.2) is 53.5 Å². The Balaban J connectivity index is 2.18. The van der Waals surface area contributed by atoms with Gasteiger partial charge in [-0.05, 0) is 49.8 Å². The van der Waals surface area contributed by atoms with E-state index in [4.69, 9.17) is 0 Å². The van der Waals surface area contributed by atoms with Gasteiger partial charge in [0.05, 0.1) is 10.6 Å². The van der Waals surface area contributed by atoms with E-state index in [1.807, 2.05) is 20.2 Å². The molecule has 152 valence electrons. The van der Waals surface area contributed by atoms with Crippen molar-refractivity contribution in [3.8, 4) is 0 Å². The number of hydrogen-bond donors (Lipinski definition) is 1. The highest BCUT2D eigenvalue weighted by molar-refractivity contribution is 7.92. The van der Waals surface area contributed by atoms with Crippen LogP contribution in [0.1, 0.15) is 24.2 Å². The molecule has 0 aliphatic rings. The number of nitrogens with zero attached hydrogens (tertiary/aromatic N) is 2. The van der Waals surface area contributed by atoms with Gasteiger partial charge < -0.3 is 10.2 Å². The molecule has 6 nitrogen and oxygen atoms in total. The Morgan fingerprint density at radius 3 is 2.25 bits per heavy atom. The lowest BCUT2D eigenvalue weighted by Crippen LogP contribution is -2.40. The standard InChI is InChI=1S/C21H29N3O3S/c1-21(2,16-23(3)4)15-22-20(25)17-10-9-13-19(14-17)28(26,27)24(5)18-11-7-6-8-12-18/h6-14H,15-16H2,1-5H3,(H,22,25). The number of carbonyl (C=O) groups excluding carboxylic acids is 1. The second-order valence-corrected chi connectivity index (χ2v) is 9.89. The Morgan fingerprint density at radius 1 is 1.00 bits per heavy atom. The van der Waals surface area contributed by atoms with Gasteiger partial charge in [0, 0.05) is 25.7 Å². The molecule has 0 heterocycles. The lowest BCUT2D eigenvalue weighted by atomic mass is 9.93. The van der Waals surface area contributed by atoms with Crippen molar-refractivity contribution in [3.05, 3.63) is 60.2 Å². The highest BCUT2D eigenvalue weighted by atomic mass is 32.2. The largest absolute Gasteiger partial charge is 0.351 e. The van der Waals surface area contributed by atoms with Gasteiger partial charge in [0.1, 0.15) is 0 Å². The van der Waals surface area contributed by atoms with Crippen molar-refractivity contribution in [1.29, 1.82) is 0 Å². The van der Waals surface area contributed by atoms with E-state index in [0.717, 1.165) is 6.54 Å². The van der Waals surface area contributed by atoms with Crippen molar-refractivity contribution >= 4 is 21.6 Å². The molecule has 0 saturated carbocycles. The van der Waals surface area contributed by atoms with Crippen molar-refractivity contribution in [2.45, 2.75) is 18.7 Å². The molecule has 0 fully saturated rings. The summed E-state index contributed by atoms with van der Waals surface area (Å²) in [5.41, 5.74) is 0.780. The van der Waals surface area contributed by atoms with E-state index in [2.05, 4.69) is 24.1 Å². The van der Waals surface area contributed by atoms with Crippen molar-refractivity contribution in [1.82, 2.24) is 10.2 Å². The predicted octanol–water partition coefficient (Wildman–Crippen LogP) is 2.83. The third-order valence-corrected chi connectivity index (χ3v) is 6.13. The Hall–Kier alpha value is -2.38. The van der Waals surface area contributed by atoms with Crippen LogP contribution in [-0.2, 0) is 10.0 Å². The maximum Gasteiger partial charge on any atom is 0.264 e. The minimum atomic E-state index is -3.76. The van der Waals surface area contributed by atoms with Gasteiger partial charge in [-0.1, -0.05) is 38.1 Å². The van der Waals surface area contributed by atoms with E-state index in [-0.39, 0.29) is 16.2 Å². The minimum Gasteiger partial charge on any atom is -0.351 e. The van der Waals surface area contributed by atoms with Crippen molar-refractivity contribution < 1.29 is 13.2 Å². The molecule has 0 spiro atoms. The summed E-state index contributed by atoms with van der Waals surface area (Å²) >= 11 is 0. The average Bonchev–Trinajstić information content (AvgIpc) is 2.65. The van der Waals surface area contributed by atoms with Crippen LogP contribution in [0, 0.1) is 5.41 Å². The third-order valence-electron chi connectivity index (χ3n) is 4.35. The summed E-state index contributed by atoms with van der Waals surface area (Å²) in [4.78, 5) is 14.7. The van der Waals surface area contributed by atoms with Gasteiger partial charge in [0.15, 0.2) is 0 Å². The highest BCUT2D eigenvalue weighted by Crippen LogP contribution is 2.22. The number of amides is 1. The van der Waals surface area contributed by atoms with Crippen LogP contribution in [0.4, 0.5) is 5.69 Å². The van der Waals surface area contributed by atoms with Crippen molar-refractivity contribution in [3.63, 3.8) is 0 Å². The van der Waals surface area contributed by atoms with E-state index in [0.29, 0.717) is 17.8 Å². The van der Waals surface area contributed by atoms with E-state index in [1.54, 1.807) is 36.4 Å². The summed E-state index contributed by atoms with van der Waals surface area (Å²) in [6.07, 6.45) is 0. The maximum atomic E-state index is 12.9. The van der Waals surface area contributed by atoms with Gasteiger partial charge in [-0.25, -0.2) is 8.42 Å². The zero-order valence-corrected chi connectivity index (χ0v) is 18.0. The Morgan fingerprint density at radius 2 is 1.64 bits per heavy atom. The first-order valence-electron chi connectivity index (χ1n) is 9.10. The van der Waals surface area contributed by atoms with Crippen LogP contribution in [0.15, 0.2) is 59.5 Å². The second kappa shape index (κ2) is 8.75. The summed E-state index contributed by atoms with van der Waals surface area (Å²) in [6, 6.07) is 15.0. The SMILES string of the molecule is CN(C)CC(C)(C)CNC(=O)c1cccc(S(=O)(=O)N(C)c2ccccc2)c1. The number of carbonyl (C=O) groups is 1. The average molecular weight is 404 g/mol. The van der Waals surface area contributed by atoms with Crippen molar-refractivity contribution in [2.24, 2.45) is 5.41 Å². The topological polar surface area (TPSA) is 69.7 Å². The first-order valence-corrected chi connectivity index (χ1v) is 10.5. The lowest BCUT2D eigenvalue weighted by Gasteiger charge is -2.28. The van der Waals surface area contributed by atoms with Gasteiger partial charge in [0.25, 0.3) is 15.9 Å². The van der Waals surface area contributed by atoms with Gasteiger partial charge >= 0.3 is 0 Å². The van der Waals surface area contributed by atoms with Crippen LogP contribution in [0.3, 0.4) is 0 Å². The summed E-state index contributed by atoms with van der Waals surface area (Å²) < 4.78 is 27.1. The van der Waals surface area contributed by atoms with Gasteiger partial charge in [-0.2, -0.15) is 0 Å². The molecule has 0 bridgehead atoms. The first kappa shape index (κ1) is 21.9. The predicted molar refractivity (Wildman–Crippen MR) is 113 cm³/mol. The molecule has 1 N–H and O–H groups in total. The molecule has 7 heteroatoms. The molecular weight excluding hydrogens is 374 g/mol. The fourth-order valence-electron chi connectivity index (χ4n) is 3.07. The van der Waals surface area contributed by atoms with Crippen molar-refractivity contribution in [2.75, 3.05) is 38.5 Å². The molecule has 2 rings (SSSR count). The molecule has 1 amide bonds. The molecule has 0 aliphatic carbocycles. The highest BCUT2D eigenvalue weighted by Gasteiger charge is 2.23. The molecule has 0 radical (unpaired) electrons. The van der Waals surface area contributed by atoms with Gasteiger partial charge in [-0.3, -0.25) is 9.10 Å². The van der Waals surface area contributed by atoms with E-state index in [1.165, 1.54) is 23.5 Å². The second-order valence-electron chi connectivity index (χ2n) is 7.92. The summed E-state index contributed by atoms with van der Waals surface area (Å²) in [6.45, 7) is 5.46. The van der Waals surface area contributed by atoms with Gasteiger partial charge in [-0.15, -0.1) is 0 Å². The summed E-state index contributed by atoms with van der Waals surface area (Å²) in [5, 5.41) is 2.91. The molecule has 0 saturated heterocycles. The van der Waals surface area contributed by atoms with E-state index >= 15 is 0 Å². The van der Waals surface area contributed by atoms with Crippen LogP contribution < -0.4 is 9.62 Å². The number of hydrogen-bond acceptors (Lipinski definition) is 4. The molecule has 0 unspecified atom stereocenters. The maximum absolute atomic E-state index is 12.9. The normalized spacial score (nSPS) is 12.1. The summed E-state index contributed by atoms with van der Waals surface area (Å²) in [5.74, 6) is -0.286. The van der Waals surface area contributed by atoms with Crippen LogP contribution in [0.2, 0.25) is 0 Å². The monoisotopic (exact) mass is 403 g/mol. The molecule has 28 heavy (non-hydrogen) atoms. The quantitative estimate of drug-likeness (QED) is 0.736. The molecule has 0 aromatic heterocycles. The molecular formula is C21H29N3O3S. The van der Waals surface area contributed by atoms with E-state index in [9.17, 15) is 13.2 Å². The Bertz CT molecular complexity index is 910. The van der Waals surface area contributed by atoms with Crippen LogP contribution >= 0.6 is 0 Å². The number of para-hydroxylation sites is 1. The third kappa shape index (κ3) is 5.56. The molecule has 2 aromatic rings. The number of sulfonamides is 1. The molecule has 0 aliphatic heterocycles. The zero-order valence-electron chi connectivity index (χ0n) is 17.1. The number of benzene rings is 2. The minimum absolute atomic E-state index is 0.0825. The van der Waals surface area contributed by atoms with Crippen LogP contribution in [0.25, 0.3) is 0 Å². The number of rotatable bonds is 8. The Labute approximate surface area is 168 Å². The fraction of sp³-hybridized carbons (Fsp3) is 0.381. The zero-order chi connectivity index (χ0) is 20.9. The number of nitrogens with one attached hydrogen (secondary N) is 1. The lowest BCUT2D eigenvalue weighted by molar-refractivity contribution is 0.0929. The molecule has 2 aromatic carbocycles. The van der Waals surface area contributed by atoms with Gasteiger partial charge in [0.2, 0.25) is 0 Å². The van der Waals surface area contributed by atoms with E-state index < -0.39 is 10.0 Å². The molecule has 0 atom stereocenters. The van der Waals surface area contributed by atoms with Crippen LogP contribution in [0.5, 0.6) is 0 Å². The Kier molecular flexibility index (Phi) is 6.85.